The first kappa shape index (κ1) is 39.9. The number of piperazine rings is 1. The molecule has 0 bridgehead atoms. The number of carbonyl (C=O) groups excluding carboxylic acids is 5. The summed E-state index contributed by atoms with van der Waals surface area (Å²) in [6.07, 6.45) is 4.82. The van der Waals surface area contributed by atoms with Crippen molar-refractivity contribution in [2.45, 2.75) is 51.0 Å². The van der Waals surface area contributed by atoms with Gasteiger partial charge in [0.2, 0.25) is 11.8 Å². The fraction of sp³-hybridized carbons (Fsp3) is 0.467. The molecule has 0 aliphatic carbocycles. The Labute approximate surface area is 353 Å². The van der Waals surface area contributed by atoms with Crippen LogP contribution in [0.2, 0.25) is 5.02 Å². The van der Waals surface area contributed by atoms with Crippen molar-refractivity contribution in [3.63, 3.8) is 0 Å². The molecule has 6 aliphatic heterocycles. The summed E-state index contributed by atoms with van der Waals surface area (Å²) in [6, 6.07) is 17.3. The third-order valence-corrected chi connectivity index (χ3v) is 14.1. The van der Waals surface area contributed by atoms with Crippen molar-refractivity contribution in [1.29, 1.82) is 5.26 Å². The third kappa shape index (κ3) is 7.58. The second kappa shape index (κ2) is 16.2. The zero-order valence-corrected chi connectivity index (χ0v) is 34.3. The van der Waals surface area contributed by atoms with Crippen molar-refractivity contribution in [3.05, 3.63) is 87.7 Å². The highest BCUT2D eigenvalue weighted by atomic mass is 35.5. The number of rotatable bonds is 7. The van der Waals surface area contributed by atoms with Crippen LogP contribution in [0.1, 0.15) is 81.6 Å². The van der Waals surface area contributed by atoms with E-state index in [0.29, 0.717) is 35.2 Å². The molecule has 5 saturated heterocycles. The average Bonchev–Trinajstić information content (AvgIpc) is 3.78. The lowest BCUT2D eigenvalue weighted by molar-refractivity contribution is -0.136. The van der Waals surface area contributed by atoms with Crippen molar-refractivity contribution in [1.82, 2.24) is 20.0 Å². The highest BCUT2D eigenvalue weighted by Crippen LogP contribution is 2.43. The van der Waals surface area contributed by atoms with Gasteiger partial charge >= 0.3 is 0 Å². The maximum atomic E-state index is 15.5. The Hall–Kier alpha value is -5.52. The van der Waals surface area contributed by atoms with E-state index in [1.807, 2.05) is 34.1 Å². The highest BCUT2D eigenvalue weighted by molar-refractivity contribution is 6.32. The van der Waals surface area contributed by atoms with E-state index in [2.05, 4.69) is 38.2 Å². The number of benzene rings is 3. The Bertz CT molecular complexity index is 2280. The number of imide groups is 2. The first-order valence-electron chi connectivity index (χ1n) is 21.1. The molecular formula is C45H48ClFN8O5. The molecule has 60 heavy (non-hydrogen) atoms. The lowest BCUT2D eigenvalue weighted by Gasteiger charge is -2.40. The van der Waals surface area contributed by atoms with Crippen LogP contribution in [0.25, 0.3) is 0 Å². The standard InChI is InChI=1S/C45H48ClFN8O5/c46-36-23-33(6-3-31(36)26-48)54-18-13-45(28-54)11-16-53(17-12-45)42(58)30-1-4-32(5-2-30)51-21-19-50(20-22-51)27-29-9-14-52(15-10-29)39-25-35-34(24-37(39)47)43(59)55(44(35)60)38-7-8-40(56)49-41(38)57/h1-6,23-25,29,38H,7-22,27-28H2,(H,49,56,57). The smallest absolute Gasteiger partial charge is 0.262 e. The molecular weight excluding hydrogens is 787 g/mol. The molecule has 6 aliphatic rings. The van der Waals surface area contributed by atoms with Crippen molar-refractivity contribution in [2.24, 2.45) is 11.3 Å². The fourth-order valence-electron chi connectivity index (χ4n) is 10.2. The first-order valence-corrected chi connectivity index (χ1v) is 21.5. The van der Waals surface area contributed by atoms with Gasteiger partial charge in [0.1, 0.15) is 17.9 Å². The lowest BCUT2D eigenvalue weighted by atomic mass is 9.77. The molecule has 6 heterocycles. The molecule has 1 atom stereocenters. The van der Waals surface area contributed by atoms with E-state index in [1.165, 1.54) is 6.07 Å². The normalized spacial score (nSPS) is 22.4. The number of nitriles is 1. The monoisotopic (exact) mass is 834 g/mol. The van der Waals surface area contributed by atoms with Gasteiger partial charge in [0, 0.05) is 95.4 Å². The summed E-state index contributed by atoms with van der Waals surface area (Å²) >= 11 is 6.32. The van der Waals surface area contributed by atoms with Crippen LogP contribution in [0.4, 0.5) is 21.5 Å². The molecule has 1 N–H and O–H groups in total. The number of fused-ring (bicyclic) bond motifs is 1. The van der Waals surface area contributed by atoms with Crippen LogP contribution in [0.15, 0.2) is 54.6 Å². The lowest BCUT2D eigenvalue weighted by Crippen LogP contribution is -2.54. The van der Waals surface area contributed by atoms with Gasteiger partial charge in [0.25, 0.3) is 17.7 Å². The maximum Gasteiger partial charge on any atom is 0.262 e. The second-order valence-corrected chi connectivity index (χ2v) is 17.7. The van der Waals surface area contributed by atoms with Gasteiger partial charge in [0.05, 0.1) is 27.4 Å². The summed E-state index contributed by atoms with van der Waals surface area (Å²) in [5.41, 5.74) is 3.86. The van der Waals surface area contributed by atoms with Crippen LogP contribution in [0, 0.1) is 28.5 Å². The van der Waals surface area contributed by atoms with Crippen LogP contribution >= 0.6 is 11.6 Å². The van der Waals surface area contributed by atoms with Crippen LogP contribution in [0.3, 0.4) is 0 Å². The molecule has 1 spiro atoms. The molecule has 0 radical (unpaired) electrons. The van der Waals surface area contributed by atoms with Gasteiger partial charge in [-0.05, 0) is 104 Å². The number of likely N-dealkylation sites (tertiary alicyclic amines) is 1. The van der Waals surface area contributed by atoms with E-state index >= 15 is 4.39 Å². The van der Waals surface area contributed by atoms with Crippen molar-refractivity contribution < 1.29 is 28.4 Å². The molecule has 0 saturated carbocycles. The van der Waals surface area contributed by atoms with Gasteiger partial charge in [-0.2, -0.15) is 5.26 Å². The van der Waals surface area contributed by atoms with Crippen LogP contribution < -0.4 is 20.0 Å². The minimum atomic E-state index is -1.09. The summed E-state index contributed by atoms with van der Waals surface area (Å²) in [5.74, 6) is -2.53. The summed E-state index contributed by atoms with van der Waals surface area (Å²) in [7, 11) is 0. The SMILES string of the molecule is N#Cc1ccc(N2CCC3(CCN(C(=O)c4ccc(N5CCN(CC6CCN(c7cc8c(cc7F)C(=O)N(C7CCC(=O)NC7=O)C8=O)CC6)CC5)cc4)CC3)C2)cc1Cl. The maximum absolute atomic E-state index is 15.5. The molecule has 1 unspecified atom stereocenters. The van der Waals surface area contributed by atoms with E-state index < -0.39 is 35.5 Å². The zero-order chi connectivity index (χ0) is 41.7. The molecule has 9 rings (SSSR count). The van der Waals surface area contributed by atoms with E-state index in [9.17, 15) is 29.2 Å². The second-order valence-electron chi connectivity index (χ2n) is 17.3. The largest absolute Gasteiger partial charge is 0.371 e. The predicted octanol–water partition coefficient (Wildman–Crippen LogP) is 4.92. The number of anilines is 3. The van der Waals surface area contributed by atoms with Crippen LogP contribution in [0.5, 0.6) is 0 Å². The molecule has 3 aromatic rings. The van der Waals surface area contributed by atoms with Gasteiger partial charge in [-0.15, -0.1) is 0 Å². The Morgan fingerprint density at radius 3 is 2.12 bits per heavy atom. The van der Waals surface area contributed by atoms with Crippen molar-refractivity contribution in [2.75, 3.05) is 86.7 Å². The van der Waals surface area contributed by atoms with Gasteiger partial charge in [0.15, 0.2) is 0 Å². The number of amides is 5. The van der Waals surface area contributed by atoms with E-state index in [-0.39, 0.29) is 41.0 Å². The molecule has 13 nitrogen and oxygen atoms in total. The van der Waals surface area contributed by atoms with Crippen molar-refractivity contribution >= 4 is 58.2 Å². The number of hydrogen-bond donors (Lipinski definition) is 1. The minimum Gasteiger partial charge on any atom is -0.371 e. The van der Waals surface area contributed by atoms with Gasteiger partial charge in [-0.3, -0.25) is 39.1 Å². The molecule has 15 heteroatoms. The number of halogens is 2. The minimum absolute atomic E-state index is 0.0220. The predicted molar refractivity (Wildman–Crippen MR) is 224 cm³/mol. The Kier molecular flexibility index (Phi) is 10.7. The van der Waals surface area contributed by atoms with Gasteiger partial charge in [-0.1, -0.05) is 11.6 Å². The molecule has 5 fully saturated rings. The summed E-state index contributed by atoms with van der Waals surface area (Å²) in [6.45, 7) is 9.16. The topological polar surface area (TPSA) is 141 Å². The number of nitrogens with zero attached hydrogens (tertiary/aromatic N) is 7. The zero-order valence-electron chi connectivity index (χ0n) is 33.5. The quantitative estimate of drug-likeness (QED) is 0.327. The first-order chi connectivity index (χ1) is 29.0. The Morgan fingerprint density at radius 2 is 1.45 bits per heavy atom. The summed E-state index contributed by atoms with van der Waals surface area (Å²) in [5, 5.41) is 11.9. The Balaban J connectivity index is 0.722. The fourth-order valence-corrected chi connectivity index (χ4v) is 10.4. The number of carbonyl (C=O) groups is 5. The number of hydrogen-bond acceptors (Lipinski definition) is 10. The van der Waals surface area contributed by atoms with Crippen LogP contribution in [-0.4, -0.2) is 122 Å². The summed E-state index contributed by atoms with van der Waals surface area (Å²) in [4.78, 5) is 76.1. The molecule has 0 aromatic heterocycles. The van der Waals surface area contributed by atoms with Gasteiger partial charge in [-0.25, -0.2) is 4.39 Å². The molecule has 3 aromatic carbocycles. The number of piperidine rings is 3. The average molecular weight is 835 g/mol. The molecule has 312 valence electrons. The van der Waals surface area contributed by atoms with Gasteiger partial charge < -0.3 is 19.6 Å². The van der Waals surface area contributed by atoms with Crippen LogP contribution in [-0.2, 0) is 9.59 Å². The highest BCUT2D eigenvalue weighted by Gasteiger charge is 2.46. The third-order valence-electron chi connectivity index (χ3n) is 13.8. The Morgan fingerprint density at radius 1 is 0.783 bits per heavy atom. The number of nitrogens with one attached hydrogen (secondary N) is 1. The van der Waals surface area contributed by atoms with E-state index in [0.717, 1.165) is 113 Å². The van der Waals surface area contributed by atoms with E-state index in [4.69, 9.17) is 11.6 Å². The summed E-state index contributed by atoms with van der Waals surface area (Å²) < 4.78 is 15.5. The van der Waals surface area contributed by atoms with E-state index in [1.54, 1.807) is 6.07 Å². The molecule has 5 amide bonds. The van der Waals surface area contributed by atoms with Crippen molar-refractivity contribution in [3.8, 4) is 6.07 Å².